The molecule has 148 valence electrons. The number of likely N-dealkylation sites (N-methyl/N-ethyl adjacent to an activating group) is 1. The average Bonchev–Trinajstić information content (AvgIpc) is 3.11. The number of carbonyl (C=O) groups excluding carboxylic acids is 1. The lowest BCUT2D eigenvalue weighted by atomic mass is 10.1. The first kappa shape index (κ1) is 20.5. The van der Waals surface area contributed by atoms with Gasteiger partial charge >= 0.3 is 0 Å². The molecule has 0 saturated carbocycles. The molecule has 0 radical (unpaired) electrons. The van der Waals surface area contributed by atoms with Gasteiger partial charge in [0.2, 0.25) is 5.91 Å². The monoisotopic (exact) mass is 420 g/mol. The summed E-state index contributed by atoms with van der Waals surface area (Å²) in [6.45, 7) is 0.386. The van der Waals surface area contributed by atoms with E-state index < -0.39 is 0 Å². The van der Waals surface area contributed by atoms with Crippen molar-refractivity contribution in [2.75, 3.05) is 26.4 Å². The summed E-state index contributed by atoms with van der Waals surface area (Å²) in [7, 11) is 3.78. The molecule has 2 aromatic heterocycles. The number of fused-ring (bicyclic) bond motifs is 1. The van der Waals surface area contributed by atoms with Crippen LogP contribution in [0, 0.1) is 5.82 Å². The molecule has 1 atom stereocenters. The summed E-state index contributed by atoms with van der Waals surface area (Å²) in [6.07, 6.45) is 1.69. The van der Waals surface area contributed by atoms with E-state index in [0.29, 0.717) is 23.0 Å². The first-order chi connectivity index (χ1) is 13.4. The molecule has 0 aliphatic heterocycles. The second-order valence-corrected chi connectivity index (χ2v) is 8.33. The van der Waals surface area contributed by atoms with Crippen molar-refractivity contribution in [2.24, 2.45) is 0 Å². The average molecular weight is 421 g/mol. The van der Waals surface area contributed by atoms with E-state index in [0.717, 1.165) is 5.56 Å². The molecule has 28 heavy (non-hydrogen) atoms. The molecule has 1 N–H and O–H groups in total. The fourth-order valence-electron chi connectivity index (χ4n) is 2.78. The molecule has 1 amide bonds. The number of carbonyl (C=O) groups is 1. The highest BCUT2D eigenvalue weighted by atomic mass is 32.2. The molecule has 0 aliphatic carbocycles. The first-order valence-electron chi connectivity index (χ1n) is 8.66. The van der Waals surface area contributed by atoms with Crippen LogP contribution in [-0.2, 0) is 10.5 Å². The number of nitrogens with zero attached hydrogens (tertiary/aromatic N) is 3. The quantitative estimate of drug-likeness (QED) is 0.607. The van der Waals surface area contributed by atoms with Crippen molar-refractivity contribution >= 4 is 34.0 Å². The smallest absolute Gasteiger partial charge is 0.258 e. The molecule has 1 aromatic carbocycles. The molecular formula is C19H21FN4O2S2. The summed E-state index contributed by atoms with van der Waals surface area (Å²) in [4.78, 5) is 31.2. The second kappa shape index (κ2) is 9.31. The number of aromatic nitrogens is 2. The van der Waals surface area contributed by atoms with E-state index in [-0.39, 0.29) is 29.1 Å². The van der Waals surface area contributed by atoms with Crippen molar-refractivity contribution in [2.45, 2.75) is 11.8 Å². The molecule has 0 bridgehead atoms. The minimum absolute atomic E-state index is 0.109. The molecule has 3 aromatic rings. The van der Waals surface area contributed by atoms with Gasteiger partial charge in [-0.2, -0.15) is 0 Å². The number of nitrogens with one attached hydrogen (secondary N) is 1. The van der Waals surface area contributed by atoms with Crippen LogP contribution in [0.1, 0.15) is 17.3 Å². The van der Waals surface area contributed by atoms with Crippen LogP contribution < -0.4 is 10.9 Å². The minimum Gasteiger partial charge on any atom is -0.353 e. The van der Waals surface area contributed by atoms with E-state index in [9.17, 15) is 14.0 Å². The Hall–Kier alpha value is -2.23. The number of thiazole rings is 1. The maximum absolute atomic E-state index is 13.5. The third-order valence-electron chi connectivity index (χ3n) is 4.19. The molecule has 3 rings (SSSR count). The Morgan fingerprint density at radius 2 is 2.21 bits per heavy atom. The fraction of sp³-hybridized carbons (Fsp3) is 0.316. The Morgan fingerprint density at radius 1 is 1.39 bits per heavy atom. The first-order valence-corrected chi connectivity index (χ1v) is 10.7. The Kier molecular flexibility index (Phi) is 6.82. The van der Waals surface area contributed by atoms with E-state index in [1.54, 1.807) is 12.3 Å². The Labute approximate surface area is 170 Å². The number of thioether (sulfide) groups is 1. The summed E-state index contributed by atoms with van der Waals surface area (Å²) in [5, 5.41) is 4.71. The van der Waals surface area contributed by atoms with Crippen LogP contribution in [0.3, 0.4) is 0 Å². The number of hydrogen-bond acceptors (Lipinski definition) is 6. The summed E-state index contributed by atoms with van der Waals surface area (Å²) >= 11 is 2.80. The maximum Gasteiger partial charge on any atom is 0.258 e. The van der Waals surface area contributed by atoms with Crippen molar-refractivity contribution in [3.63, 3.8) is 0 Å². The van der Waals surface area contributed by atoms with Crippen LogP contribution in [0.25, 0.3) is 4.96 Å². The Bertz CT molecular complexity index is 1020. The molecule has 6 nitrogen and oxygen atoms in total. The number of halogens is 1. The third-order valence-corrected chi connectivity index (χ3v) is 5.91. The van der Waals surface area contributed by atoms with Crippen molar-refractivity contribution in [1.82, 2.24) is 19.6 Å². The normalized spacial score (nSPS) is 12.4. The predicted octanol–water partition coefficient (Wildman–Crippen LogP) is 2.55. The van der Waals surface area contributed by atoms with Gasteiger partial charge in [0.15, 0.2) is 4.96 Å². The lowest BCUT2D eigenvalue weighted by Crippen LogP contribution is -2.35. The lowest BCUT2D eigenvalue weighted by Gasteiger charge is -2.25. The number of hydrogen-bond donors (Lipinski definition) is 1. The zero-order valence-corrected chi connectivity index (χ0v) is 17.2. The summed E-state index contributed by atoms with van der Waals surface area (Å²) in [6, 6.07) is 7.78. The van der Waals surface area contributed by atoms with Gasteiger partial charge in [-0.3, -0.25) is 14.0 Å². The van der Waals surface area contributed by atoms with Crippen LogP contribution in [0.15, 0.2) is 46.7 Å². The highest BCUT2D eigenvalue weighted by molar-refractivity contribution is 7.99. The van der Waals surface area contributed by atoms with Crippen molar-refractivity contribution in [1.29, 1.82) is 0 Å². The van der Waals surface area contributed by atoms with Crippen molar-refractivity contribution in [3.8, 4) is 0 Å². The van der Waals surface area contributed by atoms with Gasteiger partial charge in [0.25, 0.3) is 5.56 Å². The van der Waals surface area contributed by atoms with Crippen LogP contribution in [0.2, 0.25) is 0 Å². The summed E-state index contributed by atoms with van der Waals surface area (Å²) in [5.74, 6) is 0.340. The van der Waals surface area contributed by atoms with Crippen LogP contribution in [-0.4, -0.2) is 46.6 Å². The van der Waals surface area contributed by atoms with E-state index in [1.807, 2.05) is 30.4 Å². The molecular weight excluding hydrogens is 399 g/mol. The van der Waals surface area contributed by atoms with Crippen molar-refractivity contribution in [3.05, 3.63) is 69.3 Å². The second-order valence-electron chi connectivity index (χ2n) is 6.47. The predicted molar refractivity (Wildman–Crippen MR) is 111 cm³/mol. The van der Waals surface area contributed by atoms with Crippen LogP contribution >= 0.6 is 23.1 Å². The van der Waals surface area contributed by atoms with Gasteiger partial charge < -0.3 is 10.2 Å². The Morgan fingerprint density at radius 3 is 2.96 bits per heavy atom. The molecule has 0 fully saturated rings. The van der Waals surface area contributed by atoms with E-state index in [1.165, 1.54) is 45.7 Å². The molecule has 0 unspecified atom stereocenters. The largest absolute Gasteiger partial charge is 0.353 e. The number of amides is 1. The van der Waals surface area contributed by atoms with Gasteiger partial charge in [-0.05, 0) is 31.8 Å². The fourth-order valence-corrected chi connectivity index (χ4v) is 4.27. The summed E-state index contributed by atoms with van der Waals surface area (Å²) < 4.78 is 15.0. The SMILES string of the molecule is CN(C)[C@H](CNC(=O)CSCc1cc(=O)n2ccsc2n1)c1cccc(F)c1. The molecule has 0 spiro atoms. The van der Waals surface area contributed by atoms with Crippen LogP contribution in [0.5, 0.6) is 0 Å². The van der Waals surface area contributed by atoms with E-state index in [2.05, 4.69) is 10.3 Å². The van der Waals surface area contributed by atoms with Gasteiger partial charge in [-0.15, -0.1) is 23.1 Å². The summed E-state index contributed by atoms with van der Waals surface area (Å²) in [5.41, 5.74) is 1.36. The zero-order chi connectivity index (χ0) is 20.1. The molecule has 9 heteroatoms. The standard InChI is InChI=1S/C19H21FN4O2S2/c1-23(2)16(13-4-3-5-14(20)8-13)10-21-17(25)12-27-11-15-9-18(26)24-6-7-28-19(24)22-15/h3-9,16H,10-12H2,1-2H3,(H,21,25)/t16-/m1/s1. The Balaban J connectivity index is 1.51. The minimum atomic E-state index is -0.294. The van der Waals surface area contributed by atoms with Crippen molar-refractivity contribution < 1.29 is 9.18 Å². The molecule has 0 aliphatic rings. The highest BCUT2D eigenvalue weighted by Crippen LogP contribution is 2.18. The van der Waals surface area contributed by atoms with Gasteiger partial charge in [-0.25, -0.2) is 9.37 Å². The molecule has 2 heterocycles. The molecule has 0 saturated heterocycles. The highest BCUT2D eigenvalue weighted by Gasteiger charge is 2.16. The number of benzene rings is 1. The van der Waals surface area contributed by atoms with E-state index >= 15 is 0 Å². The van der Waals surface area contributed by atoms with Crippen LogP contribution in [0.4, 0.5) is 4.39 Å². The van der Waals surface area contributed by atoms with Gasteiger partial charge in [-0.1, -0.05) is 12.1 Å². The maximum atomic E-state index is 13.5. The van der Waals surface area contributed by atoms with E-state index in [4.69, 9.17) is 0 Å². The third kappa shape index (κ3) is 5.18. The number of rotatable bonds is 8. The zero-order valence-electron chi connectivity index (χ0n) is 15.6. The van der Waals surface area contributed by atoms with Gasteiger partial charge in [0.1, 0.15) is 5.82 Å². The lowest BCUT2D eigenvalue weighted by molar-refractivity contribution is -0.118. The van der Waals surface area contributed by atoms with Gasteiger partial charge in [0, 0.05) is 29.9 Å². The van der Waals surface area contributed by atoms with Gasteiger partial charge in [0.05, 0.1) is 17.5 Å². The topological polar surface area (TPSA) is 66.7 Å².